The SMILES string of the molecule is CCN(CC)CCNC(=O)N(CC)CC(C)C(=O)O. The number of carboxylic acids is 1. The van der Waals surface area contributed by atoms with E-state index in [1.54, 1.807) is 6.92 Å². The lowest BCUT2D eigenvalue weighted by Crippen LogP contribution is -2.45. The monoisotopic (exact) mass is 273 g/mol. The number of hydrogen-bond donors (Lipinski definition) is 2. The molecule has 0 radical (unpaired) electrons. The van der Waals surface area contributed by atoms with E-state index in [-0.39, 0.29) is 12.6 Å². The average molecular weight is 273 g/mol. The van der Waals surface area contributed by atoms with Gasteiger partial charge in [0.05, 0.1) is 5.92 Å². The van der Waals surface area contributed by atoms with Gasteiger partial charge < -0.3 is 20.2 Å². The van der Waals surface area contributed by atoms with Gasteiger partial charge in [0.1, 0.15) is 0 Å². The molecule has 0 aliphatic carbocycles. The zero-order valence-corrected chi connectivity index (χ0v) is 12.5. The van der Waals surface area contributed by atoms with Crippen molar-refractivity contribution in [1.29, 1.82) is 0 Å². The average Bonchev–Trinajstić information content (AvgIpc) is 2.40. The number of amides is 2. The number of carboxylic acid groups (broad SMARTS) is 1. The largest absolute Gasteiger partial charge is 0.481 e. The summed E-state index contributed by atoms with van der Waals surface area (Å²) >= 11 is 0. The molecule has 0 bridgehead atoms. The van der Waals surface area contributed by atoms with Gasteiger partial charge in [-0.2, -0.15) is 0 Å². The molecule has 1 atom stereocenters. The fourth-order valence-corrected chi connectivity index (χ4v) is 1.74. The lowest BCUT2D eigenvalue weighted by atomic mass is 10.2. The van der Waals surface area contributed by atoms with E-state index in [0.29, 0.717) is 13.1 Å². The van der Waals surface area contributed by atoms with Crippen LogP contribution in [0, 0.1) is 5.92 Å². The molecule has 0 heterocycles. The van der Waals surface area contributed by atoms with Gasteiger partial charge in [0.15, 0.2) is 0 Å². The molecule has 0 rings (SSSR count). The third kappa shape index (κ3) is 7.00. The Morgan fingerprint density at radius 3 is 2.16 bits per heavy atom. The predicted molar refractivity (Wildman–Crippen MR) is 75.2 cm³/mol. The number of aliphatic carboxylic acids is 1. The lowest BCUT2D eigenvalue weighted by Gasteiger charge is -2.24. The van der Waals surface area contributed by atoms with Crippen LogP contribution >= 0.6 is 0 Å². The second-order valence-electron chi connectivity index (χ2n) is 4.54. The number of carbonyl (C=O) groups is 2. The van der Waals surface area contributed by atoms with Crippen LogP contribution in [-0.4, -0.2) is 66.2 Å². The fraction of sp³-hybridized carbons (Fsp3) is 0.846. The second-order valence-corrected chi connectivity index (χ2v) is 4.54. The van der Waals surface area contributed by atoms with Gasteiger partial charge in [-0.05, 0) is 20.0 Å². The minimum Gasteiger partial charge on any atom is -0.481 e. The molecule has 0 saturated carbocycles. The smallest absolute Gasteiger partial charge is 0.317 e. The summed E-state index contributed by atoms with van der Waals surface area (Å²) in [5, 5.41) is 11.7. The number of rotatable bonds is 9. The van der Waals surface area contributed by atoms with E-state index in [9.17, 15) is 9.59 Å². The first kappa shape index (κ1) is 17.7. The van der Waals surface area contributed by atoms with E-state index < -0.39 is 11.9 Å². The van der Waals surface area contributed by atoms with Crippen LogP contribution in [0.2, 0.25) is 0 Å². The first-order valence-electron chi connectivity index (χ1n) is 6.94. The van der Waals surface area contributed by atoms with Crippen molar-refractivity contribution < 1.29 is 14.7 Å². The summed E-state index contributed by atoms with van der Waals surface area (Å²) in [7, 11) is 0. The summed E-state index contributed by atoms with van der Waals surface area (Å²) in [6, 6.07) is -0.192. The van der Waals surface area contributed by atoms with Crippen molar-refractivity contribution in [3.63, 3.8) is 0 Å². The van der Waals surface area contributed by atoms with Crippen LogP contribution in [0.25, 0.3) is 0 Å². The maximum Gasteiger partial charge on any atom is 0.317 e. The van der Waals surface area contributed by atoms with E-state index in [1.165, 1.54) is 4.90 Å². The quantitative estimate of drug-likeness (QED) is 0.659. The van der Waals surface area contributed by atoms with Gasteiger partial charge in [0, 0.05) is 26.2 Å². The maximum absolute atomic E-state index is 11.9. The Morgan fingerprint density at radius 2 is 1.74 bits per heavy atom. The van der Waals surface area contributed by atoms with Crippen LogP contribution in [-0.2, 0) is 4.79 Å². The minimum absolute atomic E-state index is 0.192. The maximum atomic E-state index is 11.9. The van der Waals surface area contributed by atoms with Gasteiger partial charge in [-0.1, -0.05) is 20.8 Å². The van der Waals surface area contributed by atoms with Gasteiger partial charge in [0.2, 0.25) is 0 Å². The lowest BCUT2D eigenvalue weighted by molar-refractivity contribution is -0.141. The topological polar surface area (TPSA) is 72.9 Å². The van der Waals surface area contributed by atoms with E-state index in [2.05, 4.69) is 24.1 Å². The van der Waals surface area contributed by atoms with Crippen molar-refractivity contribution in [3.8, 4) is 0 Å². The third-order valence-corrected chi connectivity index (χ3v) is 3.18. The van der Waals surface area contributed by atoms with Crippen molar-refractivity contribution in [2.24, 2.45) is 5.92 Å². The molecule has 19 heavy (non-hydrogen) atoms. The highest BCUT2D eigenvalue weighted by atomic mass is 16.4. The van der Waals surface area contributed by atoms with Crippen LogP contribution < -0.4 is 5.32 Å². The highest BCUT2D eigenvalue weighted by Gasteiger charge is 2.18. The molecule has 2 N–H and O–H groups in total. The predicted octanol–water partition coefficient (Wildman–Crippen LogP) is 1.08. The highest BCUT2D eigenvalue weighted by Crippen LogP contribution is 2.00. The number of likely N-dealkylation sites (N-methyl/N-ethyl adjacent to an activating group) is 1. The Morgan fingerprint density at radius 1 is 1.16 bits per heavy atom. The molecule has 2 amide bonds. The Hall–Kier alpha value is -1.30. The molecule has 6 nitrogen and oxygen atoms in total. The molecule has 0 aromatic carbocycles. The van der Waals surface area contributed by atoms with Crippen LogP contribution in [0.15, 0.2) is 0 Å². The van der Waals surface area contributed by atoms with Crippen molar-refractivity contribution in [1.82, 2.24) is 15.1 Å². The molecule has 0 aromatic heterocycles. The van der Waals surface area contributed by atoms with Crippen LogP contribution in [0.1, 0.15) is 27.7 Å². The molecule has 0 saturated heterocycles. The Bertz CT molecular complexity index is 280. The number of nitrogens with zero attached hydrogens (tertiary/aromatic N) is 2. The molecule has 1 unspecified atom stereocenters. The van der Waals surface area contributed by atoms with E-state index in [0.717, 1.165) is 19.6 Å². The summed E-state index contributed by atoms with van der Waals surface area (Å²) in [5.74, 6) is -1.43. The summed E-state index contributed by atoms with van der Waals surface area (Å²) in [4.78, 5) is 26.4. The molecule has 0 aliphatic rings. The van der Waals surface area contributed by atoms with Gasteiger partial charge in [-0.25, -0.2) is 4.79 Å². The molecule has 0 fully saturated rings. The van der Waals surface area contributed by atoms with Crippen LogP contribution in [0.4, 0.5) is 4.79 Å². The Labute approximate surface area is 115 Å². The van der Waals surface area contributed by atoms with Gasteiger partial charge >= 0.3 is 12.0 Å². The number of hydrogen-bond acceptors (Lipinski definition) is 3. The molecule has 112 valence electrons. The van der Waals surface area contributed by atoms with Gasteiger partial charge in [-0.3, -0.25) is 4.79 Å². The molecule has 0 spiro atoms. The molecule has 6 heteroatoms. The van der Waals surface area contributed by atoms with Gasteiger partial charge in [0.25, 0.3) is 0 Å². The molecule has 0 aromatic rings. The summed E-state index contributed by atoms with van der Waals surface area (Å²) < 4.78 is 0. The number of urea groups is 1. The standard InChI is InChI=1S/C13H27N3O3/c1-5-15(6-2)9-8-14-13(19)16(7-3)10-11(4)12(17)18/h11H,5-10H2,1-4H3,(H,14,19)(H,17,18). The minimum atomic E-state index is -0.880. The second kappa shape index (κ2) is 9.61. The fourth-order valence-electron chi connectivity index (χ4n) is 1.74. The third-order valence-electron chi connectivity index (χ3n) is 3.18. The van der Waals surface area contributed by atoms with Crippen molar-refractivity contribution in [2.75, 3.05) is 39.3 Å². The number of nitrogens with one attached hydrogen (secondary N) is 1. The number of carbonyl (C=O) groups excluding carboxylic acids is 1. The summed E-state index contributed by atoms with van der Waals surface area (Å²) in [6.07, 6.45) is 0. The molecular formula is C13H27N3O3. The van der Waals surface area contributed by atoms with E-state index >= 15 is 0 Å². The zero-order chi connectivity index (χ0) is 14.8. The summed E-state index contributed by atoms with van der Waals surface area (Å²) in [5.41, 5.74) is 0. The van der Waals surface area contributed by atoms with Gasteiger partial charge in [-0.15, -0.1) is 0 Å². The zero-order valence-electron chi connectivity index (χ0n) is 12.5. The van der Waals surface area contributed by atoms with Crippen molar-refractivity contribution in [2.45, 2.75) is 27.7 Å². The van der Waals surface area contributed by atoms with Crippen LogP contribution in [0.5, 0.6) is 0 Å². The normalized spacial score (nSPS) is 12.3. The Kier molecular flexibility index (Phi) is 8.95. The first-order valence-corrected chi connectivity index (χ1v) is 6.94. The van der Waals surface area contributed by atoms with Crippen LogP contribution in [0.3, 0.4) is 0 Å². The Balaban J connectivity index is 4.11. The summed E-state index contributed by atoms with van der Waals surface area (Å²) in [6.45, 7) is 11.7. The van der Waals surface area contributed by atoms with Crippen molar-refractivity contribution in [3.05, 3.63) is 0 Å². The highest BCUT2D eigenvalue weighted by molar-refractivity contribution is 5.75. The van der Waals surface area contributed by atoms with E-state index in [1.807, 2.05) is 6.92 Å². The van der Waals surface area contributed by atoms with E-state index in [4.69, 9.17) is 5.11 Å². The van der Waals surface area contributed by atoms with Crippen molar-refractivity contribution >= 4 is 12.0 Å². The first-order chi connectivity index (χ1) is 8.96. The molecule has 0 aliphatic heterocycles. The molecular weight excluding hydrogens is 246 g/mol.